The van der Waals surface area contributed by atoms with Crippen LogP contribution in [0.25, 0.3) is 0 Å². The lowest BCUT2D eigenvalue weighted by Gasteiger charge is -2.31. The molecular weight excluding hydrogens is 444 g/mol. The summed E-state index contributed by atoms with van der Waals surface area (Å²) in [6.07, 6.45) is -0.142. The number of esters is 1. The van der Waals surface area contributed by atoms with E-state index in [1.165, 1.54) is 20.4 Å². The Balaban J connectivity index is 2.19. The third-order valence-corrected chi connectivity index (χ3v) is 5.06. The number of nitrogens with zero attached hydrogens (tertiary/aromatic N) is 1. The Bertz CT molecular complexity index is 801. The van der Waals surface area contributed by atoms with E-state index in [0.29, 0.717) is 30.8 Å². The van der Waals surface area contributed by atoms with E-state index in [4.69, 9.17) is 28.4 Å². The van der Waals surface area contributed by atoms with Crippen molar-refractivity contribution < 1.29 is 38.0 Å². The number of carbonyl (C=O) groups excluding carboxylic acids is 2. The molecule has 34 heavy (non-hydrogen) atoms. The maximum atomic E-state index is 12.9. The summed E-state index contributed by atoms with van der Waals surface area (Å²) in [7, 11) is 2.87. The van der Waals surface area contributed by atoms with Crippen LogP contribution in [-0.4, -0.2) is 81.9 Å². The van der Waals surface area contributed by atoms with Crippen molar-refractivity contribution in [3.63, 3.8) is 0 Å². The number of carbonyl (C=O) groups is 2. The van der Waals surface area contributed by atoms with Gasteiger partial charge >= 0.3 is 5.97 Å². The van der Waals surface area contributed by atoms with Gasteiger partial charge in [-0.3, -0.25) is 4.79 Å². The highest BCUT2D eigenvalue weighted by atomic mass is 16.6. The van der Waals surface area contributed by atoms with Crippen LogP contribution in [0, 0.1) is 11.8 Å². The average Bonchev–Trinajstić information content (AvgIpc) is 2.84. The van der Waals surface area contributed by atoms with E-state index >= 15 is 0 Å². The van der Waals surface area contributed by atoms with Gasteiger partial charge in [-0.1, -0.05) is 27.7 Å². The van der Waals surface area contributed by atoms with E-state index in [1.807, 2.05) is 13.8 Å². The number of methoxy groups -OCH3 is 2. The molecule has 10 nitrogen and oxygen atoms in total. The molecule has 0 bridgehead atoms. The molecule has 1 N–H and O–H groups in total. The Kier molecular flexibility index (Phi) is 11.0. The normalized spacial score (nSPS) is 23.6. The molecule has 0 aromatic carbocycles. The Hall–Kier alpha value is -2.43. The number of pyridine rings is 1. The maximum Gasteiger partial charge on any atom is 0.331 e. The van der Waals surface area contributed by atoms with Crippen LogP contribution in [0.2, 0.25) is 0 Å². The number of hydrogen-bond acceptors (Lipinski definition) is 9. The first-order valence-corrected chi connectivity index (χ1v) is 11.6. The first-order valence-electron chi connectivity index (χ1n) is 11.6. The fourth-order valence-electron chi connectivity index (χ4n) is 3.38. The molecule has 1 saturated heterocycles. The number of aromatic nitrogens is 1. The Morgan fingerprint density at radius 3 is 2.41 bits per heavy atom. The van der Waals surface area contributed by atoms with E-state index in [-0.39, 0.29) is 24.7 Å². The summed E-state index contributed by atoms with van der Waals surface area (Å²) < 4.78 is 34.1. The molecule has 10 heteroatoms. The number of ether oxygens (including phenoxy) is 6. The van der Waals surface area contributed by atoms with Gasteiger partial charge in [-0.05, 0) is 18.8 Å². The smallest absolute Gasteiger partial charge is 0.331 e. The highest BCUT2D eigenvalue weighted by Crippen LogP contribution is 2.29. The van der Waals surface area contributed by atoms with Crippen molar-refractivity contribution in [2.75, 3.05) is 40.6 Å². The van der Waals surface area contributed by atoms with Crippen LogP contribution >= 0.6 is 0 Å². The lowest BCUT2D eigenvalue weighted by Crippen LogP contribution is -2.47. The minimum absolute atomic E-state index is 0.0149. The molecule has 2 heterocycles. The largest absolute Gasteiger partial charge is 0.493 e. The van der Waals surface area contributed by atoms with Crippen LogP contribution in [0.5, 0.6) is 11.5 Å². The molecule has 1 aliphatic heterocycles. The minimum Gasteiger partial charge on any atom is -0.493 e. The van der Waals surface area contributed by atoms with E-state index < -0.39 is 36.2 Å². The summed E-state index contributed by atoms with van der Waals surface area (Å²) in [5.41, 5.74) is -0.0149. The van der Waals surface area contributed by atoms with Crippen LogP contribution in [-0.2, 0) is 23.7 Å². The van der Waals surface area contributed by atoms with Gasteiger partial charge < -0.3 is 33.7 Å². The number of cyclic esters (lactones) is 1. The third kappa shape index (κ3) is 7.82. The molecular formula is C24H38N2O8. The molecule has 1 amide bonds. The molecule has 0 unspecified atom stereocenters. The van der Waals surface area contributed by atoms with Gasteiger partial charge in [0.25, 0.3) is 5.91 Å². The van der Waals surface area contributed by atoms with Crippen LogP contribution in [0.4, 0.5) is 0 Å². The molecule has 0 radical (unpaired) electrons. The quantitative estimate of drug-likeness (QED) is 0.501. The van der Waals surface area contributed by atoms with Gasteiger partial charge in [0, 0.05) is 25.5 Å². The second kappa shape index (κ2) is 13.5. The number of nitrogens with one attached hydrogen (secondary N) is 1. The Labute approximate surface area is 201 Å². The number of hydrogen-bond donors (Lipinski definition) is 1. The van der Waals surface area contributed by atoms with Crippen LogP contribution < -0.4 is 14.8 Å². The van der Waals surface area contributed by atoms with E-state index in [1.54, 1.807) is 13.0 Å². The molecule has 192 valence electrons. The molecule has 1 aromatic rings. The molecule has 0 saturated carbocycles. The third-order valence-electron chi connectivity index (χ3n) is 5.06. The van der Waals surface area contributed by atoms with Gasteiger partial charge in [-0.2, -0.15) is 0 Å². The first-order chi connectivity index (χ1) is 16.2. The van der Waals surface area contributed by atoms with Gasteiger partial charge in [0.1, 0.15) is 18.3 Å². The Morgan fingerprint density at radius 1 is 1.12 bits per heavy atom. The van der Waals surface area contributed by atoms with Gasteiger partial charge in [-0.15, -0.1) is 0 Å². The van der Waals surface area contributed by atoms with E-state index in [9.17, 15) is 9.59 Å². The van der Waals surface area contributed by atoms with Crippen molar-refractivity contribution in [3.05, 3.63) is 18.0 Å². The predicted octanol–water partition coefficient (Wildman–Crippen LogP) is 2.24. The summed E-state index contributed by atoms with van der Waals surface area (Å²) >= 11 is 0. The first kappa shape index (κ1) is 27.8. The zero-order valence-corrected chi connectivity index (χ0v) is 21.2. The molecule has 1 fully saturated rings. The van der Waals surface area contributed by atoms with Crippen LogP contribution in [0.15, 0.2) is 12.3 Å². The van der Waals surface area contributed by atoms with Crippen molar-refractivity contribution in [2.45, 2.75) is 59.0 Å². The zero-order valence-electron chi connectivity index (χ0n) is 21.2. The Morgan fingerprint density at radius 2 is 1.79 bits per heavy atom. The monoisotopic (exact) mass is 482 g/mol. The molecule has 1 aromatic heterocycles. The average molecular weight is 483 g/mol. The van der Waals surface area contributed by atoms with Crippen molar-refractivity contribution in [3.8, 4) is 11.5 Å². The van der Waals surface area contributed by atoms with Crippen LogP contribution in [0.1, 0.15) is 45.1 Å². The second-order valence-corrected chi connectivity index (χ2v) is 9.06. The van der Waals surface area contributed by atoms with Crippen molar-refractivity contribution in [1.82, 2.24) is 10.3 Å². The van der Waals surface area contributed by atoms with Crippen molar-refractivity contribution in [1.29, 1.82) is 0 Å². The second-order valence-electron chi connectivity index (χ2n) is 9.06. The standard InChI is InChI=1S/C24H38N2O8/c1-14(2)10-32-19-13-31-12-17(24(28)34-16(5)21(19)33-11-15(3)4)26-23(27)20-22(30-7)18(29-6)8-9-25-20/h8-9,14-17,19,21H,10-13H2,1-7H3,(H,26,27)/t16-,17-,19-,21-/m0/s1. The van der Waals surface area contributed by atoms with Gasteiger partial charge in [-0.25, -0.2) is 9.78 Å². The summed E-state index contributed by atoms with van der Waals surface area (Å²) in [5.74, 6) is -0.135. The lowest BCUT2D eigenvalue weighted by atomic mass is 10.1. The van der Waals surface area contributed by atoms with Crippen molar-refractivity contribution >= 4 is 11.9 Å². The summed E-state index contributed by atoms with van der Waals surface area (Å²) in [6.45, 7) is 11.0. The fourth-order valence-corrected chi connectivity index (χ4v) is 3.38. The molecule has 0 aliphatic carbocycles. The van der Waals surface area contributed by atoms with Gasteiger partial charge in [0.15, 0.2) is 23.2 Å². The molecule has 2 rings (SSSR count). The van der Waals surface area contributed by atoms with Gasteiger partial charge in [0.2, 0.25) is 0 Å². The van der Waals surface area contributed by atoms with Crippen LogP contribution in [0.3, 0.4) is 0 Å². The SMILES string of the molecule is COc1ccnc(C(=O)N[C@H]2COC[C@H](OCC(C)C)[C@@H](OCC(C)C)[C@H](C)OC2=O)c1OC. The fraction of sp³-hybridized carbons (Fsp3) is 0.708. The zero-order chi connectivity index (χ0) is 25.3. The summed E-state index contributed by atoms with van der Waals surface area (Å²) in [4.78, 5) is 30.0. The topological polar surface area (TPSA) is 114 Å². The van der Waals surface area contributed by atoms with E-state index in [2.05, 4.69) is 24.1 Å². The summed E-state index contributed by atoms with van der Waals surface area (Å²) in [6, 6.07) is 0.519. The maximum absolute atomic E-state index is 12.9. The van der Waals surface area contributed by atoms with Crippen molar-refractivity contribution in [2.24, 2.45) is 11.8 Å². The summed E-state index contributed by atoms with van der Waals surface area (Å²) in [5, 5.41) is 2.64. The van der Waals surface area contributed by atoms with Gasteiger partial charge in [0.05, 0.1) is 27.4 Å². The molecule has 1 aliphatic rings. The highest BCUT2D eigenvalue weighted by Gasteiger charge is 2.36. The molecule has 4 atom stereocenters. The predicted molar refractivity (Wildman–Crippen MR) is 124 cm³/mol. The highest BCUT2D eigenvalue weighted by molar-refractivity contribution is 5.98. The number of amides is 1. The van der Waals surface area contributed by atoms with E-state index in [0.717, 1.165) is 0 Å². The molecule has 0 spiro atoms. The minimum atomic E-state index is -1.05. The number of rotatable bonds is 10. The lowest BCUT2D eigenvalue weighted by molar-refractivity contribution is -0.170.